The first-order chi connectivity index (χ1) is 66.6. The molecule has 47 heteroatoms. The van der Waals surface area contributed by atoms with Crippen molar-refractivity contribution < 1.29 is 100 Å². The number of alkyl halides is 12. The number of aliphatic hydroxyl groups is 1. The molecule has 5 aromatic carbocycles. The number of fused-ring (bicyclic) bond motifs is 5. The van der Waals surface area contributed by atoms with Gasteiger partial charge in [0.2, 0.25) is 0 Å². The van der Waals surface area contributed by atoms with E-state index >= 15 is 0 Å². The molecule has 772 valence electrons. The van der Waals surface area contributed by atoms with Gasteiger partial charge in [0.1, 0.15) is 66.6 Å². The monoisotopic (exact) mass is 2300 g/mol. The first-order valence-electron chi connectivity index (χ1n) is 44.5. The molecule has 0 saturated heterocycles. The third-order valence-electron chi connectivity index (χ3n) is 23.1. The average Bonchev–Trinajstić information content (AvgIpc) is 1.66. The van der Waals surface area contributed by atoms with Crippen LogP contribution in [0.2, 0.25) is 67.2 Å². The van der Waals surface area contributed by atoms with Crippen molar-refractivity contribution in [3.8, 4) is 0 Å². The minimum Gasteiger partial charge on any atom is -0.415 e. The molecule has 143 heavy (non-hydrogen) atoms. The summed E-state index contributed by atoms with van der Waals surface area (Å²) in [7, 11) is -4.04. The number of nitrogens with one attached hydrogen (secondary N) is 1. The van der Waals surface area contributed by atoms with Crippen LogP contribution in [0.5, 0.6) is 0 Å². The van der Waals surface area contributed by atoms with E-state index in [9.17, 15) is 91.4 Å². The zero-order valence-electron chi connectivity index (χ0n) is 80.0. The molecular formula is C96H103Br2Cl7F12N14O10Si2. The lowest BCUT2D eigenvalue weighted by Gasteiger charge is -2.37. The highest BCUT2D eigenvalue weighted by Crippen LogP contribution is 2.42. The highest BCUT2D eigenvalue weighted by Gasteiger charge is 2.46. The lowest BCUT2D eigenvalue weighted by atomic mass is 10.1. The summed E-state index contributed by atoms with van der Waals surface area (Å²) < 4.78 is 180. The number of aromatic nitrogens is 11. The Bertz CT molecular complexity index is 6700. The Morgan fingerprint density at radius 3 is 1.03 bits per heavy atom. The van der Waals surface area contributed by atoms with Gasteiger partial charge in [0.15, 0.2) is 16.6 Å². The van der Waals surface area contributed by atoms with Gasteiger partial charge in [-0.2, -0.15) is 52.7 Å². The molecule has 0 aliphatic heterocycles. The van der Waals surface area contributed by atoms with Crippen LogP contribution in [-0.4, -0.2) is 179 Å². The number of amides is 2. The predicted molar refractivity (Wildman–Crippen MR) is 550 cm³/mol. The third-order valence-corrected chi connectivity index (χ3v) is 35.1. The van der Waals surface area contributed by atoms with Crippen LogP contribution in [0.25, 0.3) is 54.5 Å². The van der Waals surface area contributed by atoms with Gasteiger partial charge in [0, 0.05) is 164 Å². The van der Waals surface area contributed by atoms with Gasteiger partial charge in [-0.1, -0.05) is 178 Å². The molecule has 8 aromatic heterocycles. The van der Waals surface area contributed by atoms with E-state index in [1.54, 1.807) is 60.7 Å². The summed E-state index contributed by atoms with van der Waals surface area (Å²) in [6, 6.07) is 27.7. The average molecular weight is 2310 g/mol. The van der Waals surface area contributed by atoms with Crippen LogP contribution in [0, 0.1) is 0 Å². The first kappa shape index (κ1) is 119. The van der Waals surface area contributed by atoms with E-state index in [0.717, 1.165) is 53.9 Å². The van der Waals surface area contributed by atoms with Gasteiger partial charge in [-0.3, -0.25) is 33.6 Å². The SMILES string of the molecule is CCCn1cc(C(=O)C(F)(F)F)c2cc(Br)ccc21.CCCn1cc(C(=O)C(F)(F)F)c2cc(N(CCO)C(=O)c3c(Cl)ncnc3Cl)ccc21.CCCn1cc(C(=O)C(F)(F)F)c2cc(N(CCO[Si](C)(C)C(C)(C)C)C(=O)c3c(Cl)ncnc3Cl)ccc21.CCCn1cc(C(=O)C(F)(F)F)c2cc(NCCO[Si](C)(C)C(C)(C)C)ccc21.CCCn1ccc2cc(Br)ccc21.O=C(Cl)c1c(Cl)ncnc1Cl. The minimum atomic E-state index is -5.07. The van der Waals surface area contributed by atoms with E-state index in [1.165, 1.54) is 65.1 Å². The zero-order valence-corrected chi connectivity index (χ0v) is 90.5. The van der Waals surface area contributed by atoms with E-state index in [1.807, 2.05) is 33.8 Å². The normalized spacial score (nSPS) is 12.1. The molecule has 0 saturated carbocycles. The van der Waals surface area contributed by atoms with Crippen molar-refractivity contribution in [1.82, 2.24) is 52.7 Å². The van der Waals surface area contributed by atoms with Gasteiger partial charge in [-0.05, 0) is 177 Å². The molecule has 0 unspecified atom stereocenters. The third kappa shape index (κ3) is 30.2. The topological polar surface area (TPSA) is 279 Å². The van der Waals surface area contributed by atoms with Crippen LogP contribution in [0.1, 0.15) is 181 Å². The minimum absolute atomic E-state index is 0.0236. The number of aryl methyl sites for hydroxylation is 5. The largest absolute Gasteiger partial charge is 0.454 e. The van der Waals surface area contributed by atoms with Gasteiger partial charge in [-0.25, -0.2) is 29.9 Å². The van der Waals surface area contributed by atoms with Crippen LogP contribution in [0.3, 0.4) is 0 Å². The van der Waals surface area contributed by atoms with Crippen molar-refractivity contribution in [3.05, 3.63) is 226 Å². The first-order valence-corrected chi connectivity index (χ1v) is 54.5. The molecule has 2 N–H and O–H groups in total. The maximum Gasteiger partial charge on any atom is 0.454 e. The predicted octanol–water partition coefficient (Wildman–Crippen LogP) is 28.9. The summed E-state index contributed by atoms with van der Waals surface area (Å²) in [6.07, 6.45) is -5.44. The quantitative estimate of drug-likeness (QED) is 0.0106. The van der Waals surface area contributed by atoms with Crippen LogP contribution in [0.4, 0.5) is 69.7 Å². The molecule has 0 spiro atoms. The summed E-state index contributed by atoms with van der Waals surface area (Å²) in [5.41, 5.74) is 2.43. The summed E-state index contributed by atoms with van der Waals surface area (Å²) in [6.45, 7) is 34.6. The number of hydrogen-bond donors (Lipinski definition) is 2. The highest BCUT2D eigenvalue weighted by molar-refractivity contribution is 9.10. The summed E-state index contributed by atoms with van der Waals surface area (Å²) in [5, 5.41) is 13.1. The summed E-state index contributed by atoms with van der Waals surface area (Å²) in [4.78, 5) is 110. The maximum atomic E-state index is 13.7. The van der Waals surface area contributed by atoms with Crippen LogP contribution in [0.15, 0.2) is 156 Å². The molecule has 13 rings (SSSR count). The number of benzene rings is 5. The number of nitrogens with zero attached hydrogens (tertiary/aromatic N) is 13. The Morgan fingerprint density at radius 2 is 0.699 bits per heavy atom. The van der Waals surface area contributed by atoms with Gasteiger partial charge in [0.25, 0.3) is 40.2 Å². The molecule has 8 heterocycles. The molecule has 2 amide bonds. The van der Waals surface area contributed by atoms with Crippen molar-refractivity contribution in [3.63, 3.8) is 0 Å². The van der Waals surface area contributed by atoms with Crippen LogP contribution in [-0.2, 0) is 41.6 Å². The number of ketones is 4. The number of carbonyl (C=O) groups is 7. The Kier molecular flexibility index (Phi) is 41.8. The fourth-order valence-electron chi connectivity index (χ4n) is 14.2. The Morgan fingerprint density at radius 1 is 0.399 bits per heavy atom. The molecule has 13 aromatic rings. The number of carbonyl (C=O) groups excluding carboxylic acids is 7. The maximum absolute atomic E-state index is 13.7. The molecule has 24 nitrogen and oxygen atoms in total. The Balaban J connectivity index is 0.000000219. The lowest BCUT2D eigenvalue weighted by molar-refractivity contribution is -0.0887. The summed E-state index contributed by atoms with van der Waals surface area (Å²) in [5.74, 6) is -8.97. The highest BCUT2D eigenvalue weighted by atomic mass is 79.9. The lowest BCUT2D eigenvalue weighted by Crippen LogP contribution is -2.43. The van der Waals surface area contributed by atoms with Crippen LogP contribution < -0.4 is 15.1 Å². The molecule has 0 radical (unpaired) electrons. The summed E-state index contributed by atoms with van der Waals surface area (Å²) >= 11 is 47.1. The zero-order chi connectivity index (χ0) is 107. The number of hydrogen-bond acceptors (Lipinski definition) is 17. The van der Waals surface area contributed by atoms with E-state index in [0.29, 0.717) is 95.2 Å². The number of halogens is 21. The van der Waals surface area contributed by atoms with Gasteiger partial charge < -0.3 is 51.9 Å². The molecule has 0 bridgehead atoms. The fourth-order valence-corrected chi connectivity index (χ4v) is 18.7. The Hall–Kier alpha value is -9.41. The number of rotatable bonds is 30. The second-order valence-corrected chi connectivity index (χ2v) is 49.2. The standard InChI is InChI=1S/C26H31Cl2F3N4O3Si.C21H31F3N2O2Si.C20H17Cl2F3N4O3.C13H11BrF3NO.C11H12BrN.C5HCl3N2O/c1-7-10-34-14-18(21(36)26(29,30)31)17-13-16(8-9-19(17)34)35(11-12-38-39(5,6)25(2,3)4)24(37)20-22(27)32-15-33-23(20)28;1-7-11-26-14-17(19(27)21(22,23)24)16-13-15(8-9-18(16)26)25-10-12-28-29(5,6)20(2,3)4;1-2-5-28-9-13(16(31)20(23,24)25)12-8-11(3-4-14(12)28)29(6-7-30)19(32)15-17(21)26-10-27-18(15)22;1-2-5-18-7-10(12(19)13(15,16)17)9-6-8(14)3-4-11(9)18;1-2-6-13-7-5-9-8-10(12)3-4-11(9)13;6-3-2(5(8)11)4(7)10-1-9-3/h8-9,13-15H,7,10-12H2,1-6H3;8-9,13-14,25H,7,10-12H2,1-6H3;3-4,8-10,30H,2,5-7H2,1H3;3-4,6-7H,2,5H2,1H3;3-5,7-8H,2,6H2,1H3;1H. The molecular weight excluding hydrogens is 2200 g/mol. The molecule has 0 aliphatic carbocycles. The van der Waals surface area contributed by atoms with Crippen molar-refractivity contribution in [2.45, 2.75) is 202 Å². The van der Waals surface area contributed by atoms with E-state index < -0.39 is 99.3 Å². The van der Waals surface area contributed by atoms with Gasteiger partial charge in [0.05, 0.1) is 42.1 Å². The van der Waals surface area contributed by atoms with E-state index in [2.05, 4.69) is 177 Å². The number of aliphatic hydroxyl groups excluding tert-OH is 1. The Labute approximate surface area is 870 Å². The smallest absolute Gasteiger partial charge is 0.415 e. The number of Topliss-reactive ketones (excluding diaryl/α,β-unsaturated/α-hetero) is 4. The van der Waals surface area contributed by atoms with E-state index in [-0.39, 0.29) is 111 Å². The molecule has 0 aliphatic rings. The molecule has 0 fully saturated rings. The number of anilines is 3. The van der Waals surface area contributed by atoms with Crippen molar-refractivity contribution in [2.24, 2.45) is 0 Å². The second kappa shape index (κ2) is 50.3. The second-order valence-electron chi connectivity index (χ2n) is 35.3. The van der Waals surface area contributed by atoms with Crippen molar-refractivity contribution >= 4 is 241 Å². The van der Waals surface area contributed by atoms with E-state index in [4.69, 9.17) is 90.1 Å². The van der Waals surface area contributed by atoms with Crippen molar-refractivity contribution in [1.29, 1.82) is 0 Å². The molecule has 0 atom stereocenters. The van der Waals surface area contributed by atoms with Crippen molar-refractivity contribution in [2.75, 3.05) is 54.6 Å². The van der Waals surface area contributed by atoms with Crippen LogP contribution >= 0.6 is 113 Å². The van der Waals surface area contributed by atoms with Gasteiger partial charge >= 0.3 is 24.7 Å². The van der Waals surface area contributed by atoms with Gasteiger partial charge in [-0.15, -0.1) is 0 Å². The fraction of sp³-hybridized carbons (Fsp3) is 0.385.